The van der Waals surface area contributed by atoms with E-state index >= 15 is 0 Å². The van der Waals surface area contributed by atoms with Crippen LogP contribution in [0.3, 0.4) is 0 Å². The van der Waals surface area contributed by atoms with Crippen LogP contribution < -0.4 is 9.47 Å². The van der Waals surface area contributed by atoms with E-state index in [1.807, 2.05) is 42.5 Å². The van der Waals surface area contributed by atoms with Crippen molar-refractivity contribution in [3.05, 3.63) is 168 Å². The fourth-order valence-corrected chi connectivity index (χ4v) is 8.49. The van der Waals surface area contributed by atoms with Gasteiger partial charge in [0.15, 0.2) is 0 Å². The van der Waals surface area contributed by atoms with Crippen LogP contribution in [0.2, 0.25) is 0 Å². The van der Waals surface area contributed by atoms with Crippen molar-refractivity contribution in [3.63, 3.8) is 0 Å². The molecule has 0 heterocycles. The first-order chi connectivity index (χ1) is 21.9. The molecule has 0 atom stereocenters. The van der Waals surface area contributed by atoms with Crippen LogP contribution in [0.1, 0.15) is 22.3 Å². The molecule has 6 aromatic carbocycles. The molecule has 4 nitrogen and oxygen atoms in total. The van der Waals surface area contributed by atoms with Gasteiger partial charge < -0.3 is 9.47 Å². The highest BCUT2D eigenvalue weighted by atomic mass is 32.2. The zero-order chi connectivity index (χ0) is 31.0. The SMILES string of the molecule is COc1ccc(C2(c3ccc(OC)cc3)c3ccccc3-c3ccc(Sc4ccc(S(=O)(=O)c5ccccc5)cc4)cc32)cc1. The lowest BCUT2D eigenvalue weighted by atomic mass is 9.67. The van der Waals surface area contributed by atoms with Gasteiger partial charge in [-0.2, -0.15) is 0 Å². The topological polar surface area (TPSA) is 52.6 Å². The minimum absolute atomic E-state index is 0.278. The number of hydrogen-bond donors (Lipinski definition) is 0. The van der Waals surface area contributed by atoms with E-state index in [0.717, 1.165) is 32.4 Å². The summed E-state index contributed by atoms with van der Waals surface area (Å²) in [6.07, 6.45) is 0. The third-order valence-corrected chi connectivity index (χ3v) is 11.3. The molecule has 0 aliphatic heterocycles. The second kappa shape index (κ2) is 11.6. The minimum Gasteiger partial charge on any atom is -0.497 e. The van der Waals surface area contributed by atoms with Crippen LogP contribution in [0, 0.1) is 0 Å². The summed E-state index contributed by atoms with van der Waals surface area (Å²) < 4.78 is 37.3. The molecule has 0 saturated heterocycles. The van der Waals surface area contributed by atoms with E-state index in [1.54, 1.807) is 62.4 Å². The molecule has 7 rings (SSSR count). The van der Waals surface area contributed by atoms with Crippen molar-refractivity contribution in [2.24, 2.45) is 0 Å². The third-order valence-electron chi connectivity index (χ3n) is 8.49. The first kappa shape index (κ1) is 29.0. The van der Waals surface area contributed by atoms with Gasteiger partial charge in [0.2, 0.25) is 9.84 Å². The molecule has 0 saturated carbocycles. The lowest BCUT2D eigenvalue weighted by molar-refractivity contribution is 0.414. The number of methoxy groups -OCH3 is 2. The van der Waals surface area contributed by atoms with Crippen LogP contribution in [0.5, 0.6) is 11.5 Å². The van der Waals surface area contributed by atoms with Gasteiger partial charge in [-0.3, -0.25) is 0 Å². The molecule has 0 aromatic heterocycles. The average molecular weight is 627 g/mol. The van der Waals surface area contributed by atoms with Crippen LogP contribution in [0.25, 0.3) is 11.1 Å². The van der Waals surface area contributed by atoms with Crippen molar-refractivity contribution in [2.75, 3.05) is 14.2 Å². The second-order valence-electron chi connectivity index (χ2n) is 10.8. The predicted octanol–water partition coefficient (Wildman–Crippen LogP) is 9.05. The Bertz CT molecular complexity index is 2040. The van der Waals surface area contributed by atoms with Gasteiger partial charge in [0.05, 0.1) is 29.4 Å². The number of hydrogen-bond acceptors (Lipinski definition) is 5. The first-order valence-electron chi connectivity index (χ1n) is 14.6. The summed E-state index contributed by atoms with van der Waals surface area (Å²) in [5, 5.41) is 0. The van der Waals surface area contributed by atoms with Crippen molar-refractivity contribution in [2.45, 2.75) is 25.0 Å². The summed E-state index contributed by atoms with van der Waals surface area (Å²) >= 11 is 1.62. The monoisotopic (exact) mass is 626 g/mol. The molecule has 6 aromatic rings. The second-order valence-corrected chi connectivity index (χ2v) is 13.9. The highest BCUT2D eigenvalue weighted by Gasteiger charge is 2.46. The summed E-state index contributed by atoms with van der Waals surface area (Å²) in [6.45, 7) is 0. The Morgan fingerprint density at radius 2 is 1.02 bits per heavy atom. The standard InChI is InChI=1S/C39H30O4S2/c1-42-29-16-12-27(13-17-29)39(28-14-18-30(43-2)19-15-28)37-11-7-6-10-35(37)36-25-22-32(26-38(36)39)44-31-20-23-34(24-21-31)45(40,41)33-8-4-3-5-9-33/h3-26H,1-2H3. The number of ether oxygens (including phenoxy) is 2. The summed E-state index contributed by atoms with van der Waals surface area (Å²) in [5.41, 5.74) is 6.49. The van der Waals surface area contributed by atoms with Gasteiger partial charge >= 0.3 is 0 Å². The Balaban J connectivity index is 1.34. The van der Waals surface area contributed by atoms with E-state index < -0.39 is 15.3 Å². The van der Waals surface area contributed by atoms with Crippen molar-refractivity contribution in [1.29, 1.82) is 0 Å². The number of fused-ring (bicyclic) bond motifs is 3. The van der Waals surface area contributed by atoms with Gasteiger partial charge in [0, 0.05) is 9.79 Å². The maximum atomic E-state index is 13.1. The lowest BCUT2D eigenvalue weighted by Gasteiger charge is -2.34. The molecule has 1 aliphatic carbocycles. The van der Waals surface area contributed by atoms with E-state index in [2.05, 4.69) is 66.7 Å². The smallest absolute Gasteiger partial charge is 0.206 e. The molecule has 6 heteroatoms. The van der Waals surface area contributed by atoms with Gasteiger partial charge in [-0.25, -0.2) is 8.42 Å². The van der Waals surface area contributed by atoms with Crippen LogP contribution in [0.15, 0.2) is 165 Å². The number of rotatable bonds is 8. The molecule has 0 unspecified atom stereocenters. The molecule has 0 radical (unpaired) electrons. The third kappa shape index (κ3) is 4.91. The maximum absolute atomic E-state index is 13.1. The molecule has 1 aliphatic rings. The minimum atomic E-state index is -3.58. The van der Waals surface area contributed by atoms with Crippen molar-refractivity contribution in [1.82, 2.24) is 0 Å². The van der Waals surface area contributed by atoms with E-state index in [0.29, 0.717) is 0 Å². The molecule has 0 amide bonds. The Hall–Kier alpha value is -4.78. The predicted molar refractivity (Wildman–Crippen MR) is 179 cm³/mol. The van der Waals surface area contributed by atoms with Gasteiger partial charge in [-0.05, 0) is 106 Å². The molecule has 0 bridgehead atoms. The highest BCUT2D eigenvalue weighted by molar-refractivity contribution is 7.99. The molecule has 222 valence electrons. The van der Waals surface area contributed by atoms with Crippen LogP contribution in [-0.4, -0.2) is 22.6 Å². The number of benzene rings is 6. The largest absolute Gasteiger partial charge is 0.497 e. The Morgan fingerprint density at radius 3 is 1.62 bits per heavy atom. The normalized spacial score (nSPS) is 13.1. The van der Waals surface area contributed by atoms with Gasteiger partial charge in [0.25, 0.3) is 0 Å². The molecule has 45 heavy (non-hydrogen) atoms. The average Bonchev–Trinajstić information content (AvgIpc) is 3.39. The van der Waals surface area contributed by atoms with E-state index in [9.17, 15) is 8.42 Å². The summed E-state index contributed by atoms with van der Waals surface area (Å²) in [5.74, 6) is 1.61. The van der Waals surface area contributed by atoms with E-state index in [4.69, 9.17) is 9.47 Å². The van der Waals surface area contributed by atoms with Gasteiger partial charge in [-0.1, -0.05) is 84.6 Å². The van der Waals surface area contributed by atoms with Crippen LogP contribution in [0.4, 0.5) is 0 Å². The van der Waals surface area contributed by atoms with Gasteiger partial charge in [-0.15, -0.1) is 0 Å². The number of sulfone groups is 1. The Labute approximate surface area is 268 Å². The zero-order valence-corrected chi connectivity index (χ0v) is 26.4. The Morgan fingerprint density at radius 1 is 0.511 bits per heavy atom. The van der Waals surface area contributed by atoms with Gasteiger partial charge in [0.1, 0.15) is 11.5 Å². The highest BCUT2D eigenvalue weighted by Crippen LogP contribution is 2.57. The van der Waals surface area contributed by atoms with Crippen LogP contribution >= 0.6 is 11.8 Å². The summed E-state index contributed by atoms with van der Waals surface area (Å²) in [4.78, 5) is 2.58. The molecule has 0 fully saturated rings. The lowest BCUT2D eigenvalue weighted by Crippen LogP contribution is -2.28. The van der Waals surface area contributed by atoms with Crippen molar-refractivity contribution in [3.8, 4) is 22.6 Å². The van der Waals surface area contributed by atoms with Crippen molar-refractivity contribution < 1.29 is 17.9 Å². The summed E-state index contributed by atoms with van der Waals surface area (Å²) in [7, 11) is -0.217. The fraction of sp³-hybridized carbons (Fsp3) is 0.0769. The van der Waals surface area contributed by atoms with E-state index in [1.165, 1.54) is 22.3 Å². The molecular formula is C39H30O4S2. The zero-order valence-electron chi connectivity index (χ0n) is 24.8. The van der Waals surface area contributed by atoms with Crippen LogP contribution in [-0.2, 0) is 15.3 Å². The molecule has 0 spiro atoms. The Kier molecular flexibility index (Phi) is 7.48. The van der Waals surface area contributed by atoms with E-state index in [-0.39, 0.29) is 9.79 Å². The maximum Gasteiger partial charge on any atom is 0.206 e. The van der Waals surface area contributed by atoms with Crippen molar-refractivity contribution >= 4 is 21.6 Å². The first-order valence-corrected chi connectivity index (χ1v) is 16.9. The quantitative estimate of drug-likeness (QED) is 0.168. The fourth-order valence-electron chi connectivity index (χ4n) is 6.35. The molecule has 0 N–H and O–H groups in total. The summed E-state index contributed by atoms with van der Waals surface area (Å²) in [6, 6.07) is 47.6. The molecular weight excluding hydrogens is 597 g/mol.